The molecule has 0 spiro atoms. The van der Waals surface area contributed by atoms with Crippen LogP contribution in [0.4, 0.5) is 4.79 Å². The third-order valence-corrected chi connectivity index (χ3v) is 4.45. The second kappa shape index (κ2) is 8.50. The van der Waals surface area contributed by atoms with Crippen molar-refractivity contribution in [3.05, 3.63) is 35.9 Å². The first-order chi connectivity index (χ1) is 11.9. The Balaban J connectivity index is 1.83. The summed E-state index contributed by atoms with van der Waals surface area (Å²) in [6, 6.07) is 9.74. The molecule has 1 aromatic carbocycles. The molecule has 0 aromatic heterocycles. The molecular formula is C18H25N3O4. The largest absolute Gasteiger partial charge is 0.480 e. The molecule has 1 aliphatic heterocycles. The molecule has 1 N–H and O–H groups in total. The van der Waals surface area contributed by atoms with Gasteiger partial charge in [-0.15, -0.1) is 0 Å². The SMILES string of the molecule is CN(CC(=O)O)C(=O)C1CCN(C(=O)N(C)Cc2ccccc2)CC1. The van der Waals surface area contributed by atoms with E-state index in [9.17, 15) is 14.4 Å². The van der Waals surface area contributed by atoms with E-state index in [1.54, 1.807) is 16.8 Å². The van der Waals surface area contributed by atoms with E-state index in [2.05, 4.69) is 0 Å². The number of urea groups is 1. The van der Waals surface area contributed by atoms with Crippen molar-refractivity contribution in [3.63, 3.8) is 0 Å². The minimum atomic E-state index is -1.02. The van der Waals surface area contributed by atoms with E-state index in [-0.39, 0.29) is 24.4 Å². The Morgan fingerprint density at radius 2 is 1.68 bits per heavy atom. The van der Waals surface area contributed by atoms with E-state index >= 15 is 0 Å². The number of benzene rings is 1. The average Bonchev–Trinajstić information content (AvgIpc) is 2.60. The number of carboxylic acids is 1. The molecule has 7 heteroatoms. The number of hydrogen-bond acceptors (Lipinski definition) is 3. The molecule has 2 rings (SSSR count). The number of carboxylic acid groups (broad SMARTS) is 1. The van der Waals surface area contributed by atoms with Crippen molar-refractivity contribution in [2.45, 2.75) is 19.4 Å². The zero-order chi connectivity index (χ0) is 18.4. The number of piperidine rings is 1. The number of carbonyl (C=O) groups excluding carboxylic acids is 2. The highest BCUT2D eigenvalue weighted by Gasteiger charge is 2.30. The van der Waals surface area contributed by atoms with Crippen molar-refractivity contribution in [1.29, 1.82) is 0 Å². The summed E-state index contributed by atoms with van der Waals surface area (Å²) in [4.78, 5) is 40.2. The van der Waals surface area contributed by atoms with Crippen molar-refractivity contribution in [3.8, 4) is 0 Å². The number of aliphatic carboxylic acids is 1. The average molecular weight is 347 g/mol. The maximum absolute atomic E-state index is 12.5. The Labute approximate surface area is 147 Å². The molecule has 0 saturated carbocycles. The first kappa shape index (κ1) is 18.8. The zero-order valence-corrected chi connectivity index (χ0v) is 14.7. The fraction of sp³-hybridized carbons (Fsp3) is 0.500. The highest BCUT2D eigenvalue weighted by molar-refractivity contribution is 5.83. The van der Waals surface area contributed by atoms with Gasteiger partial charge >= 0.3 is 12.0 Å². The standard InChI is InChI=1S/C18H25N3O4/c1-19(13-16(22)23)17(24)15-8-10-21(11-9-15)18(25)20(2)12-14-6-4-3-5-7-14/h3-7,15H,8-13H2,1-2H3,(H,22,23). The Hall–Kier alpha value is -2.57. The van der Waals surface area contributed by atoms with Gasteiger partial charge in [0, 0.05) is 39.6 Å². The molecule has 1 aliphatic rings. The predicted molar refractivity (Wildman–Crippen MR) is 92.9 cm³/mol. The number of rotatable bonds is 5. The molecule has 0 bridgehead atoms. The quantitative estimate of drug-likeness (QED) is 0.875. The Morgan fingerprint density at radius 3 is 2.24 bits per heavy atom. The van der Waals surface area contributed by atoms with Gasteiger partial charge in [-0.2, -0.15) is 0 Å². The minimum absolute atomic E-state index is 0.0476. The summed E-state index contributed by atoms with van der Waals surface area (Å²) in [5.74, 6) is -1.40. The third kappa shape index (κ3) is 5.20. The summed E-state index contributed by atoms with van der Waals surface area (Å²) in [5, 5.41) is 8.78. The van der Waals surface area contributed by atoms with E-state index in [4.69, 9.17) is 5.11 Å². The zero-order valence-electron chi connectivity index (χ0n) is 14.7. The summed E-state index contributed by atoms with van der Waals surface area (Å²) in [7, 11) is 3.27. The lowest BCUT2D eigenvalue weighted by Crippen LogP contribution is -2.47. The molecule has 0 atom stereocenters. The molecule has 1 fully saturated rings. The van der Waals surface area contributed by atoms with Gasteiger partial charge in [-0.05, 0) is 18.4 Å². The lowest BCUT2D eigenvalue weighted by Gasteiger charge is -2.35. The molecule has 1 heterocycles. The molecule has 136 valence electrons. The van der Waals surface area contributed by atoms with E-state index in [0.717, 1.165) is 5.56 Å². The first-order valence-electron chi connectivity index (χ1n) is 8.39. The summed E-state index contributed by atoms with van der Waals surface area (Å²) >= 11 is 0. The predicted octanol–water partition coefficient (Wildman–Crippen LogP) is 1.49. The number of nitrogens with zero attached hydrogens (tertiary/aromatic N) is 3. The van der Waals surface area contributed by atoms with Crippen LogP contribution in [0.25, 0.3) is 0 Å². The van der Waals surface area contributed by atoms with Gasteiger partial charge in [0.1, 0.15) is 6.54 Å². The van der Waals surface area contributed by atoms with Crippen LogP contribution in [0.5, 0.6) is 0 Å². The van der Waals surface area contributed by atoms with Crippen LogP contribution in [-0.2, 0) is 16.1 Å². The fourth-order valence-electron chi connectivity index (χ4n) is 3.08. The molecule has 0 unspecified atom stereocenters. The van der Waals surface area contributed by atoms with Crippen LogP contribution in [-0.4, -0.2) is 71.4 Å². The maximum Gasteiger partial charge on any atom is 0.323 e. The van der Waals surface area contributed by atoms with E-state index in [0.29, 0.717) is 32.5 Å². The number of amides is 3. The fourth-order valence-corrected chi connectivity index (χ4v) is 3.08. The highest BCUT2D eigenvalue weighted by Crippen LogP contribution is 2.20. The van der Waals surface area contributed by atoms with Crippen LogP contribution >= 0.6 is 0 Å². The number of carbonyl (C=O) groups is 3. The van der Waals surface area contributed by atoms with Crippen LogP contribution in [0.2, 0.25) is 0 Å². The van der Waals surface area contributed by atoms with E-state index in [1.165, 1.54) is 11.9 Å². The van der Waals surface area contributed by atoms with Gasteiger partial charge < -0.3 is 19.8 Å². The van der Waals surface area contributed by atoms with Gasteiger partial charge in [-0.25, -0.2) is 4.79 Å². The summed E-state index contributed by atoms with van der Waals surface area (Å²) < 4.78 is 0. The Morgan fingerprint density at radius 1 is 1.08 bits per heavy atom. The molecule has 0 radical (unpaired) electrons. The number of likely N-dealkylation sites (tertiary alicyclic amines) is 1. The lowest BCUT2D eigenvalue weighted by molar-refractivity contribution is -0.145. The topological polar surface area (TPSA) is 81.2 Å². The molecule has 1 saturated heterocycles. The molecular weight excluding hydrogens is 322 g/mol. The second-order valence-corrected chi connectivity index (χ2v) is 6.47. The minimum Gasteiger partial charge on any atom is -0.480 e. The van der Waals surface area contributed by atoms with Crippen LogP contribution < -0.4 is 0 Å². The van der Waals surface area contributed by atoms with Crippen molar-refractivity contribution < 1.29 is 19.5 Å². The molecule has 7 nitrogen and oxygen atoms in total. The van der Waals surface area contributed by atoms with Crippen LogP contribution in [0.3, 0.4) is 0 Å². The lowest BCUT2D eigenvalue weighted by atomic mass is 9.95. The molecule has 0 aliphatic carbocycles. The number of likely N-dealkylation sites (N-methyl/N-ethyl adjacent to an activating group) is 1. The van der Waals surface area contributed by atoms with Gasteiger partial charge in [0.15, 0.2) is 0 Å². The number of hydrogen-bond donors (Lipinski definition) is 1. The van der Waals surface area contributed by atoms with Crippen molar-refractivity contribution in [2.24, 2.45) is 5.92 Å². The van der Waals surface area contributed by atoms with E-state index in [1.807, 2.05) is 30.3 Å². The Bertz CT molecular complexity index is 612. The van der Waals surface area contributed by atoms with E-state index < -0.39 is 5.97 Å². The van der Waals surface area contributed by atoms with Gasteiger partial charge in [0.25, 0.3) is 0 Å². The van der Waals surface area contributed by atoms with Gasteiger partial charge in [0.05, 0.1) is 0 Å². The molecule has 3 amide bonds. The molecule has 25 heavy (non-hydrogen) atoms. The van der Waals surface area contributed by atoms with Crippen molar-refractivity contribution >= 4 is 17.9 Å². The smallest absolute Gasteiger partial charge is 0.323 e. The summed E-state index contributed by atoms with van der Waals surface area (Å²) in [6.07, 6.45) is 1.13. The normalized spacial score (nSPS) is 14.9. The first-order valence-corrected chi connectivity index (χ1v) is 8.39. The van der Waals surface area contributed by atoms with Crippen molar-refractivity contribution in [1.82, 2.24) is 14.7 Å². The van der Waals surface area contributed by atoms with Gasteiger partial charge in [-0.3, -0.25) is 9.59 Å². The van der Waals surface area contributed by atoms with Crippen LogP contribution in [0.1, 0.15) is 18.4 Å². The molecule has 1 aromatic rings. The van der Waals surface area contributed by atoms with Gasteiger partial charge in [-0.1, -0.05) is 30.3 Å². The van der Waals surface area contributed by atoms with Crippen LogP contribution in [0, 0.1) is 5.92 Å². The third-order valence-electron chi connectivity index (χ3n) is 4.45. The monoisotopic (exact) mass is 347 g/mol. The Kier molecular flexibility index (Phi) is 6.38. The van der Waals surface area contributed by atoms with Gasteiger partial charge in [0.2, 0.25) is 5.91 Å². The summed E-state index contributed by atoms with van der Waals surface area (Å²) in [5.41, 5.74) is 1.07. The summed E-state index contributed by atoms with van der Waals surface area (Å²) in [6.45, 7) is 1.27. The highest BCUT2D eigenvalue weighted by atomic mass is 16.4. The van der Waals surface area contributed by atoms with Crippen LogP contribution in [0.15, 0.2) is 30.3 Å². The van der Waals surface area contributed by atoms with Crippen molar-refractivity contribution in [2.75, 3.05) is 33.7 Å². The second-order valence-electron chi connectivity index (χ2n) is 6.47. The maximum atomic E-state index is 12.5.